The summed E-state index contributed by atoms with van der Waals surface area (Å²) >= 11 is 1.94. The molecule has 160 valence electrons. The number of piperazine rings is 1. The Morgan fingerprint density at radius 2 is 1.87 bits per heavy atom. The summed E-state index contributed by atoms with van der Waals surface area (Å²) < 4.78 is 9.41. The van der Waals surface area contributed by atoms with Crippen molar-refractivity contribution in [1.29, 1.82) is 0 Å². The number of nitrogens with two attached hydrogens (primary N) is 1. The summed E-state index contributed by atoms with van der Waals surface area (Å²) in [6.07, 6.45) is 1.60. The van der Waals surface area contributed by atoms with E-state index < -0.39 is 0 Å². The number of rotatable bonds is 5. The first-order chi connectivity index (χ1) is 15.1. The number of nitrogen functional groups attached to an aromatic ring is 1. The van der Waals surface area contributed by atoms with Crippen molar-refractivity contribution in [1.82, 2.24) is 23.9 Å². The van der Waals surface area contributed by atoms with Crippen LogP contribution in [0.25, 0.3) is 28.5 Å². The summed E-state index contributed by atoms with van der Waals surface area (Å²) in [7, 11) is 0. The molecular weight excluding hydrogens is 410 g/mol. The molecule has 9 heteroatoms. The monoisotopic (exact) mass is 435 g/mol. The zero-order chi connectivity index (χ0) is 21.4. The Bertz CT molecular complexity index is 1180. The van der Waals surface area contributed by atoms with Crippen LogP contribution in [0.4, 0.5) is 11.6 Å². The van der Waals surface area contributed by atoms with Gasteiger partial charge in [0.25, 0.3) is 0 Å². The molecule has 2 N–H and O–H groups in total. The van der Waals surface area contributed by atoms with Gasteiger partial charge in [0.15, 0.2) is 11.4 Å². The Morgan fingerprint density at radius 1 is 1.03 bits per heavy atom. The predicted octanol–water partition coefficient (Wildman–Crippen LogP) is 3.81. The van der Waals surface area contributed by atoms with Crippen LogP contribution in [-0.4, -0.2) is 55.3 Å². The van der Waals surface area contributed by atoms with Crippen molar-refractivity contribution >= 4 is 29.2 Å². The Balaban J connectivity index is 1.41. The van der Waals surface area contributed by atoms with Gasteiger partial charge in [-0.3, -0.25) is 0 Å². The quantitative estimate of drug-likeness (QED) is 0.474. The van der Waals surface area contributed by atoms with Crippen LogP contribution in [0.15, 0.2) is 53.1 Å². The lowest BCUT2D eigenvalue weighted by atomic mass is 10.1. The molecular formula is C22H25N7OS. The molecule has 0 radical (unpaired) electrons. The second-order valence-corrected chi connectivity index (χ2v) is 9.47. The van der Waals surface area contributed by atoms with Crippen molar-refractivity contribution in [3.05, 3.63) is 48.7 Å². The molecule has 0 bridgehead atoms. The van der Waals surface area contributed by atoms with Crippen molar-refractivity contribution in [3.8, 4) is 22.8 Å². The largest absolute Gasteiger partial charge is 0.461 e. The Hall–Kier alpha value is -3.04. The molecule has 1 aromatic carbocycles. The van der Waals surface area contributed by atoms with Gasteiger partial charge in [-0.15, -0.1) is 5.10 Å². The van der Waals surface area contributed by atoms with Crippen molar-refractivity contribution in [2.45, 2.75) is 19.1 Å². The minimum atomic E-state index is 0.294. The molecule has 0 saturated carbocycles. The lowest BCUT2D eigenvalue weighted by Gasteiger charge is -2.36. The van der Waals surface area contributed by atoms with Crippen molar-refractivity contribution in [2.75, 3.05) is 36.8 Å². The molecule has 31 heavy (non-hydrogen) atoms. The molecule has 1 aliphatic heterocycles. The van der Waals surface area contributed by atoms with E-state index in [1.165, 1.54) is 10.2 Å². The average molecular weight is 436 g/mol. The topological polar surface area (TPSA) is 88.7 Å². The SMILES string of the molecule is CC(C)SN1CCN(c2cccc(-c3cc4nc(-c5ccco5)nn4c(N)n3)c2)CC1. The van der Waals surface area contributed by atoms with Gasteiger partial charge in [-0.1, -0.05) is 37.9 Å². The molecule has 3 aromatic heterocycles. The molecule has 0 unspecified atom stereocenters. The van der Waals surface area contributed by atoms with E-state index in [-0.39, 0.29) is 0 Å². The normalized spacial score (nSPS) is 15.3. The van der Waals surface area contributed by atoms with E-state index in [9.17, 15) is 0 Å². The van der Waals surface area contributed by atoms with E-state index in [1.807, 2.05) is 24.1 Å². The highest BCUT2D eigenvalue weighted by atomic mass is 32.2. The van der Waals surface area contributed by atoms with Gasteiger partial charge in [0, 0.05) is 48.7 Å². The summed E-state index contributed by atoms with van der Waals surface area (Å²) in [5, 5.41) is 5.03. The van der Waals surface area contributed by atoms with E-state index in [1.54, 1.807) is 12.3 Å². The van der Waals surface area contributed by atoms with Crippen LogP contribution in [0.2, 0.25) is 0 Å². The van der Waals surface area contributed by atoms with E-state index in [2.05, 4.69) is 62.4 Å². The van der Waals surface area contributed by atoms with E-state index in [4.69, 9.17) is 10.2 Å². The maximum atomic E-state index is 6.20. The summed E-state index contributed by atoms with van der Waals surface area (Å²) in [6, 6.07) is 14.0. The van der Waals surface area contributed by atoms with Crippen molar-refractivity contribution in [3.63, 3.8) is 0 Å². The summed E-state index contributed by atoms with van der Waals surface area (Å²) in [4.78, 5) is 11.6. The zero-order valence-electron chi connectivity index (χ0n) is 17.6. The molecule has 1 aliphatic rings. The number of hydrogen-bond acceptors (Lipinski definition) is 8. The third-order valence-corrected chi connectivity index (χ3v) is 6.28. The third-order valence-electron chi connectivity index (χ3n) is 5.20. The lowest BCUT2D eigenvalue weighted by Crippen LogP contribution is -2.43. The molecule has 8 nitrogen and oxygen atoms in total. The highest BCUT2D eigenvalue weighted by molar-refractivity contribution is 7.97. The standard InChI is InChI=1S/C22H25N7OS/c1-15(2)31-28-10-8-27(9-11-28)17-6-3-5-16(13-17)18-14-20-25-21(19-7-4-12-30-19)26-29(20)22(23)24-18/h3-7,12-15H,8-11H2,1-2H3,(H2,23,24). The first-order valence-electron chi connectivity index (χ1n) is 10.4. The molecule has 1 saturated heterocycles. The minimum Gasteiger partial charge on any atom is -0.461 e. The van der Waals surface area contributed by atoms with Crippen LogP contribution >= 0.6 is 11.9 Å². The highest BCUT2D eigenvalue weighted by Crippen LogP contribution is 2.28. The van der Waals surface area contributed by atoms with Crippen LogP contribution in [0.5, 0.6) is 0 Å². The number of anilines is 2. The minimum absolute atomic E-state index is 0.294. The van der Waals surface area contributed by atoms with Gasteiger partial charge in [-0.25, -0.2) is 14.3 Å². The van der Waals surface area contributed by atoms with E-state index >= 15 is 0 Å². The lowest BCUT2D eigenvalue weighted by molar-refractivity contribution is 0.428. The summed E-state index contributed by atoms with van der Waals surface area (Å²) in [6.45, 7) is 8.61. The first kappa shape index (κ1) is 19.9. The second-order valence-electron chi connectivity index (χ2n) is 7.80. The van der Waals surface area contributed by atoms with Gasteiger partial charge >= 0.3 is 0 Å². The molecule has 0 aliphatic carbocycles. The maximum absolute atomic E-state index is 6.20. The van der Waals surface area contributed by atoms with Crippen molar-refractivity contribution in [2.24, 2.45) is 0 Å². The molecule has 4 aromatic rings. The number of furan rings is 1. The van der Waals surface area contributed by atoms with Gasteiger partial charge in [-0.2, -0.15) is 4.52 Å². The predicted molar refractivity (Wildman–Crippen MR) is 125 cm³/mol. The Kier molecular flexibility index (Phi) is 5.29. The van der Waals surface area contributed by atoms with Gasteiger partial charge in [-0.05, 0) is 24.3 Å². The number of benzene rings is 1. The number of aromatic nitrogens is 4. The van der Waals surface area contributed by atoms with Gasteiger partial charge in [0.1, 0.15) is 0 Å². The number of nitrogens with zero attached hydrogens (tertiary/aromatic N) is 6. The van der Waals surface area contributed by atoms with Crippen LogP contribution in [-0.2, 0) is 0 Å². The fourth-order valence-electron chi connectivity index (χ4n) is 3.78. The average Bonchev–Trinajstić information content (AvgIpc) is 3.44. The molecule has 5 rings (SSSR count). The fraction of sp³-hybridized carbons (Fsp3) is 0.318. The molecule has 1 fully saturated rings. The van der Waals surface area contributed by atoms with E-state index in [0.29, 0.717) is 28.4 Å². The first-order valence-corrected chi connectivity index (χ1v) is 11.2. The van der Waals surface area contributed by atoms with E-state index in [0.717, 1.165) is 37.4 Å². The fourth-order valence-corrected chi connectivity index (χ4v) is 4.75. The van der Waals surface area contributed by atoms with Crippen LogP contribution < -0.4 is 10.6 Å². The molecule has 0 spiro atoms. The summed E-state index contributed by atoms with van der Waals surface area (Å²) in [5.41, 5.74) is 9.82. The van der Waals surface area contributed by atoms with Crippen LogP contribution in [0.1, 0.15) is 13.8 Å². The van der Waals surface area contributed by atoms with Crippen molar-refractivity contribution < 1.29 is 4.42 Å². The van der Waals surface area contributed by atoms with Gasteiger partial charge < -0.3 is 15.1 Å². The third kappa shape index (κ3) is 4.11. The molecule has 4 heterocycles. The maximum Gasteiger partial charge on any atom is 0.223 e. The second kappa shape index (κ2) is 8.24. The zero-order valence-corrected chi connectivity index (χ0v) is 18.4. The highest BCUT2D eigenvalue weighted by Gasteiger charge is 2.19. The Morgan fingerprint density at radius 3 is 2.61 bits per heavy atom. The summed E-state index contributed by atoms with van der Waals surface area (Å²) in [5.74, 6) is 1.38. The Labute approximate surface area is 185 Å². The number of fused-ring (bicyclic) bond motifs is 1. The van der Waals surface area contributed by atoms with Crippen LogP contribution in [0.3, 0.4) is 0 Å². The van der Waals surface area contributed by atoms with Gasteiger partial charge in [0.05, 0.1) is 12.0 Å². The van der Waals surface area contributed by atoms with Gasteiger partial charge in [0.2, 0.25) is 11.8 Å². The molecule has 0 atom stereocenters. The van der Waals surface area contributed by atoms with Crippen LogP contribution in [0, 0.1) is 0 Å². The smallest absolute Gasteiger partial charge is 0.223 e. The number of hydrogen-bond donors (Lipinski definition) is 1. The molecule has 0 amide bonds.